The topological polar surface area (TPSA) is 59.4 Å². The predicted molar refractivity (Wildman–Crippen MR) is 116 cm³/mol. The number of fused-ring (bicyclic) bond motifs is 1. The smallest absolute Gasteiger partial charge is 0.263 e. The molecule has 0 aliphatic rings. The van der Waals surface area contributed by atoms with E-state index in [0.29, 0.717) is 11.1 Å². The van der Waals surface area contributed by atoms with Crippen LogP contribution in [0.3, 0.4) is 0 Å². The van der Waals surface area contributed by atoms with Gasteiger partial charge < -0.3 is 0 Å². The van der Waals surface area contributed by atoms with Crippen molar-refractivity contribution in [1.82, 2.24) is 8.87 Å². The number of nitrogens with zero attached hydrogens (tertiary/aromatic N) is 2. The number of hydrogen-bond acceptors (Lipinski definition) is 3. The first kappa shape index (κ1) is 19.1. The maximum atomic E-state index is 13.3. The second-order valence-electron chi connectivity index (χ2n) is 6.90. The molecule has 29 heavy (non-hydrogen) atoms. The van der Waals surface area contributed by atoms with E-state index in [0.717, 1.165) is 16.6 Å². The zero-order chi connectivity index (χ0) is 20.6. The lowest BCUT2D eigenvalue weighted by Gasteiger charge is -2.16. The molecule has 0 aliphatic carbocycles. The third-order valence-corrected chi connectivity index (χ3v) is 6.70. The number of benzene rings is 3. The van der Waals surface area contributed by atoms with Gasteiger partial charge in [-0.05, 0) is 47.3 Å². The third kappa shape index (κ3) is 3.37. The van der Waals surface area contributed by atoms with Crippen LogP contribution >= 0.6 is 0 Å². The Labute approximate surface area is 169 Å². The van der Waals surface area contributed by atoms with Crippen molar-refractivity contribution in [2.24, 2.45) is 0 Å². The quantitative estimate of drug-likeness (QED) is 0.518. The molecule has 0 amide bonds. The molecule has 146 valence electrons. The summed E-state index contributed by atoms with van der Waals surface area (Å²) in [6.45, 7) is 0. The van der Waals surface area contributed by atoms with Gasteiger partial charge in [0.1, 0.15) is 0 Å². The highest BCUT2D eigenvalue weighted by atomic mass is 32.2. The lowest BCUT2D eigenvalue weighted by molar-refractivity contribution is 0.521. The Morgan fingerprint density at radius 3 is 2.07 bits per heavy atom. The van der Waals surface area contributed by atoms with E-state index in [4.69, 9.17) is 0 Å². The summed E-state index contributed by atoms with van der Waals surface area (Å²) in [5.74, 6) is 0. The first-order valence-electron chi connectivity index (χ1n) is 9.13. The van der Waals surface area contributed by atoms with Crippen LogP contribution in [0.1, 0.15) is 0 Å². The van der Waals surface area contributed by atoms with Crippen molar-refractivity contribution < 1.29 is 8.42 Å². The third-order valence-electron chi connectivity index (χ3n) is 4.87. The zero-order valence-corrected chi connectivity index (χ0v) is 16.9. The summed E-state index contributed by atoms with van der Waals surface area (Å²) in [5.41, 5.74) is 2.11. The average Bonchev–Trinajstić information content (AvgIpc) is 2.74. The molecule has 0 bridgehead atoms. The normalized spacial score (nSPS) is 11.8. The van der Waals surface area contributed by atoms with Gasteiger partial charge in [-0.3, -0.25) is 9.36 Å². The molecule has 0 spiro atoms. The van der Waals surface area contributed by atoms with E-state index in [9.17, 15) is 13.2 Å². The molecule has 4 rings (SSSR count). The molecule has 4 aromatic rings. The van der Waals surface area contributed by atoms with Crippen molar-refractivity contribution in [2.45, 2.75) is 4.90 Å². The zero-order valence-electron chi connectivity index (χ0n) is 16.1. The van der Waals surface area contributed by atoms with Gasteiger partial charge in [0.25, 0.3) is 5.56 Å². The largest absolute Gasteiger partial charge is 0.276 e. The van der Waals surface area contributed by atoms with Crippen LogP contribution < -0.4 is 5.56 Å². The molecule has 1 heterocycles. The second-order valence-corrected chi connectivity index (χ2v) is 9.06. The summed E-state index contributed by atoms with van der Waals surface area (Å²) in [6, 6.07) is 25.5. The van der Waals surface area contributed by atoms with Gasteiger partial charge in [0, 0.05) is 25.2 Å². The minimum atomic E-state index is -3.54. The number of hydrogen-bond donors (Lipinski definition) is 0. The van der Waals surface area contributed by atoms with E-state index >= 15 is 0 Å². The number of sulfonamides is 1. The summed E-state index contributed by atoms with van der Waals surface area (Å²) < 4.78 is 27.5. The van der Waals surface area contributed by atoms with Crippen LogP contribution in [-0.4, -0.2) is 31.4 Å². The molecule has 0 saturated heterocycles. The molecular formula is C23H20N2O3S. The SMILES string of the molecule is CN(C)S(=O)(=O)c1ccc(-n2c(-c3ccccc3)cc3ccccc3c2=O)cc1. The minimum absolute atomic E-state index is 0.148. The van der Waals surface area contributed by atoms with Gasteiger partial charge in [-0.25, -0.2) is 12.7 Å². The van der Waals surface area contributed by atoms with Crippen LogP contribution in [0.15, 0.2) is 94.6 Å². The van der Waals surface area contributed by atoms with Crippen LogP contribution in [0.2, 0.25) is 0 Å². The summed E-state index contributed by atoms with van der Waals surface area (Å²) in [5, 5.41) is 1.47. The van der Waals surface area contributed by atoms with E-state index in [1.807, 2.05) is 54.6 Å². The number of aromatic nitrogens is 1. The van der Waals surface area contributed by atoms with Crippen LogP contribution in [0.25, 0.3) is 27.7 Å². The van der Waals surface area contributed by atoms with Crippen molar-refractivity contribution in [3.8, 4) is 16.9 Å². The summed E-state index contributed by atoms with van der Waals surface area (Å²) in [6.07, 6.45) is 0. The predicted octanol–water partition coefficient (Wildman–Crippen LogP) is 3.91. The molecule has 0 atom stereocenters. The molecule has 0 saturated carbocycles. The summed E-state index contributed by atoms with van der Waals surface area (Å²) >= 11 is 0. The molecular weight excluding hydrogens is 384 g/mol. The monoisotopic (exact) mass is 404 g/mol. The van der Waals surface area contributed by atoms with E-state index in [1.165, 1.54) is 30.5 Å². The Morgan fingerprint density at radius 1 is 0.793 bits per heavy atom. The molecule has 0 fully saturated rings. The van der Waals surface area contributed by atoms with E-state index in [2.05, 4.69) is 0 Å². The maximum Gasteiger partial charge on any atom is 0.263 e. The van der Waals surface area contributed by atoms with Crippen molar-refractivity contribution in [3.63, 3.8) is 0 Å². The van der Waals surface area contributed by atoms with E-state index < -0.39 is 10.0 Å². The van der Waals surface area contributed by atoms with Crippen LogP contribution in [-0.2, 0) is 10.0 Å². The standard InChI is InChI=1S/C23H20N2O3S/c1-24(2)29(27,28)20-14-12-19(13-15-20)25-22(17-8-4-3-5-9-17)16-18-10-6-7-11-21(18)23(25)26/h3-16H,1-2H3. The van der Waals surface area contributed by atoms with Gasteiger partial charge in [-0.15, -0.1) is 0 Å². The van der Waals surface area contributed by atoms with Gasteiger partial charge >= 0.3 is 0 Å². The number of pyridine rings is 1. The molecule has 0 aliphatic heterocycles. The second kappa shape index (κ2) is 7.31. The van der Waals surface area contributed by atoms with E-state index in [1.54, 1.807) is 22.8 Å². The number of rotatable bonds is 4. The molecule has 0 N–H and O–H groups in total. The van der Waals surface area contributed by atoms with Crippen LogP contribution in [0, 0.1) is 0 Å². The summed E-state index contributed by atoms with van der Waals surface area (Å²) in [4.78, 5) is 13.5. The Hall–Kier alpha value is -3.22. The molecule has 6 heteroatoms. The van der Waals surface area contributed by atoms with Crippen LogP contribution in [0.4, 0.5) is 0 Å². The lowest BCUT2D eigenvalue weighted by atomic mass is 10.1. The fourth-order valence-electron chi connectivity index (χ4n) is 3.32. The van der Waals surface area contributed by atoms with Gasteiger partial charge in [0.2, 0.25) is 10.0 Å². The highest BCUT2D eigenvalue weighted by Crippen LogP contribution is 2.26. The highest BCUT2D eigenvalue weighted by molar-refractivity contribution is 7.89. The molecule has 1 aromatic heterocycles. The fraction of sp³-hybridized carbons (Fsp3) is 0.0870. The van der Waals surface area contributed by atoms with E-state index in [-0.39, 0.29) is 10.5 Å². The van der Waals surface area contributed by atoms with Gasteiger partial charge in [0.05, 0.1) is 10.6 Å². The average molecular weight is 404 g/mol. The Morgan fingerprint density at radius 2 is 1.41 bits per heavy atom. The Kier molecular flexibility index (Phi) is 4.82. The lowest BCUT2D eigenvalue weighted by Crippen LogP contribution is -2.23. The van der Waals surface area contributed by atoms with Gasteiger partial charge in [-0.1, -0.05) is 48.5 Å². The maximum absolute atomic E-state index is 13.3. The molecule has 0 radical (unpaired) electrons. The van der Waals surface area contributed by atoms with Crippen molar-refractivity contribution in [3.05, 3.63) is 95.3 Å². The van der Waals surface area contributed by atoms with Crippen molar-refractivity contribution >= 4 is 20.8 Å². The van der Waals surface area contributed by atoms with Crippen molar-refractivity contribution in [2.75, 3.05) is 14.1 Å². The Balaban J connectivity index is 1.98. The molecule has 3 aromatic carbocycles. The minimum Gasteiger partial charge on any atom is -0.276 e. The Bertz CT molecular complexity index is 1340. The molecule has 0 unspecified atom stereocenters. The van der Waals surface area contributed by atoms with Crippen molar-refractivity contribution in [1.29, 1.82) is 0 Å². The van der Waals surface area contributed by atoms with Gasteiger partial charge in [-0.2, -0.15) is 0 Å². The molecule has 5 nitrogen and oxygen atoms in total. The summed E-state index contributed by atoms with van der Waals surface area (Å²) in [7, 11) is -0.556. The van der Waals surface area contributed by atoms with Crippen LogP contribution in [0.5, 0.6) is 0 Å². The first-order valence-corrected chi connectivity index (χ1v) is 10.6. The first-order chi connectivity index (χ1) is 13.9. The van der Waals surface area contributed by atoms with Gasteiger partial charge in [0.15, 0.2) is 0 Å². The highest BCUT2D eigenvalue weighted by Gasteiger charge is 2.18. The fourth-order valence-corrected chi connectivity index (χ4v) is 4.22.